The maximum absolute atomic E-state index is 12.3. The molecule has 2 aromatic carbocycles. The number of ether oxygens (including phenoxy) is 2. The Morgan fingerprint density at radius 2 is 1.81 bits per heavy atom. The van der Waals surface area contributed by atoms with Gasteiger partial charge in [0.15, 0.2) is 6.61 Å². The Labute approximate surface area is 157 Å². The van der Waals surface area contributed by atoms with Crippen molar-refractivity contribution in [1.82, 2.24) is 4.90 Å². The highest BCUT2D eigenvalue weighted by molar-refractivity contribution is 5.90. The van der Waals surface area contributed by atoms with Gasteiger partial charge in [-0.25, -0.2) is 4.79 Å². The number of nitrogens with zero attached hydrogens (tertiary/aromatic N) is 1. The minimum absolute atomic E-state index is 0.0849. The van der Waals surface area contributed by atoms with E-state index >= 15 is 0 Å². The Kier molecular flexibility index (Phi) is 5.45. The summed E-state index contributed by atoms with van der Waals surface area (Å²) in [6, 6.07) is 15.2. The van der Waals surface area contributed by atoms with Crippen molar-refractivity contribution in [1.29, 1.82) is 0 Å². The average molecular weight is 367 g/mol. The van der Waals surface area contributed by atoms with Gasteiger partial charge in [-0.1, -0.05) is 30.3 Å². The predicted molar refractivity (Wildman–Crippen MR) is 101 cm³/mol. The molecule has 0 aliphatic heterocycles. The number of esters is 1. The third kappa shape index (κ3) is 4.28. The van der Waals surface area contributed by atoms with E-state index in [0.29, 0.717) is 22.8 Å². The van der Waals surface area contributed by atoms with Crippen LogP contribution in [0.25, 0.3) is 10.8 Å². The summed E-state index contributed by atoms with van der Waals surface area (Å²) in [4.78, 5) is 25.5. The van der Waals surface area contributed by atoms with Crippen LogP contribution in [0, 0.1) is 6.92 Å². The fourth-order valence-corrected chi connectivity index (χ4v) is 2.77. The Bertz CT molecular complexity index is 976. The maximum atomic E-state index is 12.3. The summed E-state index contributed by atoms with van der Waals surface area (Å²) in [7, 11) is 2.97. The summed E-state index contributed by atoms with van der Waals surface area (Å²) < 4.78 is 15.9. The maximum Gasteiger partial charge on any atom is 0.341 e. The normalized spacial score (nSPS) is 10.6. The summed E-state index contributed by atoms with van der Waals surface area (Å²) in [6.07, 6.45) is 0. The first-order valence-corrected chi connectivity index (χ1v) is 8.51. The molecule has 27 heavy (non-hydrogen) atoms. The highest BCUT2D eigenvalue weighted by Crippen LogP contribution is 2.21. The molecule has 1 aromatic heterocycles. The van der Waals surface area contributed by atoms with E-state index in [1.807, 2.05) is 42.5 Å². The predicted octanol–water partition coefficient (Wildman–Crippen LogP) is 3.57. The van der Waals surface area contributed by atoms with Gasteiger partial charge >= 0.3 is 5.97 Å². The molecule has 0 N–H and O–H groups in total. The number of carbonyl (C=O) groups excluding carboxylic acids is 2. The molecule has 0 unspecified atom stereocenters. The van der Waals surface area contributed by atoms with Gasteiger partial charge in [-0.2, -0.15) is 0 Å². The van der Waals surface area contributed by atoms with Crippen LogP contribution < -0.4 is 4.74 Å². The van der Waals surface area contributed by atoms with Gasteiger partial charge in [-0.15, -0.1) is 0 Å². The smallest absolute Gasteiger partial charge is 0.341 e. The van der Waals surface area contributed by atoms with E-state index in [1.165, 1.54) is 12.0 Å². The van der Waals surface area contributed by atoms with Crippen molar-refractivity contribution in [3.63, 3.8) is 0 Å². The molecule has 0 aliphatic rings. The van der Waals surface area contributed by atoms with E-state index in [-0.39, 0.29) is 19.1 Å². The molecular formula is C21H21NO5. The number of furan rings is 1. The fourth-order valence-electron chi connectivity index (χ4n) is 2.77. The van der Waals surface area contributed by atoms with Crippen LogP contribution in [0.2, 0.25) is 0 Å². The van der Waals surface area contributed by atoms with E-state index in [1.54, 1.807) is 20.0 Å². The number of likely N-dealkylation sites (N-methyl/N-ethyl adjacent to an activating group) is 1. The van der Waals surface area contributed by atoms with Crippen LogP contribution in [-0.2, 0) is 16.1 Å². The molecule has 0 fully saturated rings. The van der Waals surface area contributed by atoms with Crippen LogP contribution >= 0.6 is 0 Å². The second-order valence-corrected chi connectivity index (χ2v) is 6.22. The summed E-state index contributed by atoms with van der Waals surface area (Å²) >= 11 is 0. The Balaban J connectivity index is 1.59. The molecule has 140 valence electrons. The zero-order chi connectivity index (χ0) is 19.4. The summed E-state index contributed by atoms with van der Waals surface area (Å²) in [6.45, 7) is 1.83. The van der Waals surface area contributed by atoms with E-state index in [9.17, 15) is 9.59 Å². The van der Waals surface area contributed by atoms with E-state index in [2.05, 4.69) is 0 Å². The number of benzene rings is 2. The lowest BCUT2D eigenvalue weighted by Gasteiger charge is -2.16. The molecule has 0 aliphatic carbocycles. The largest absolute Gasteiger partial charge is 0.484 e. The van der Waals surface area contributed by atoms with Crippen molar-refractivity contribution >= 4 is 22.6 Å². The molecule has 1 amide bonds. The summed E-state index contributed by atoms with van der Waals surface area (Å²) in [5.74, 6) is 0.949. The van der Waals surface area contributed by atoms with Crippen LogP contribution in [0.15, 0.2) is 52.9 Å². The zero-order valence-electron chi connectivity index (χ0n) is 15.5. The number of methoxy groups -OCH3 is 1. The number of fused-ring (bicyclic) bond motifs is 1. The molecule has 0 spiro atoms. The molecule has 0 saturated carbocycles. The SMILES string of the molecule is COC(=O)c1cc(CN(C)C(=O)COc2ccc3ccccc3c2)oc1C. The molecule has 3 rings (SSSR count). The van der Waals surface area contributed by atoms with Crippen molar-refractivity contribution in [2.75, 3.05) is 20.8 Å². The molecule has 0 bridgehead atoms. The lowest BCUT2D eigenvalue weighted by Crippen LogP contribution is -2.30. The lowest BCUT2D eigenvalue weighted by atomic mass is 10.1. The number of aryl methyl sites for hydroxylation is 1. The van der Waals surface area contributed by atoms with Crippen molar-refractivity contribution in [2.45, 2.75) is 13.5 Å². The Morgan fingerprint density at radius 1 is 1.07 bits per heavy atom. The highest BCUT2D eigenvalue weighted by atomic mass is 16.5. The second kappa shape index (κ2) is 7.95. The van der Waals surface area contributed by atoms with Gasteiger partial charge in [0.25, 0.3) is 5.91 Å². The number of hydrogen-bond donors (Lipinski definition) is 0. The van der Waals surface area contributed by atoms with Crippen molar-refractivity contribution in [3.05, 3.63) is 65.6 Å². The van der Waals surface area contributed by atoms with Gasteiger partial charge in [0, 0.05) is 7.05 Å². The van der Waals surface area contributed by atoms with Crippen LogP contribution in [0.3, 0.4) is 0 Å². The second-order valence-electron chi connectivity index (χ2n) is 6.22. The summed E-state index contributed by atoms with van der Waals surface area (Å²) in [5.41, 5.74) is 0.362. The fraction of sp³-hybridized carbons (Fsp3) is 0.238. The Morgan fingerprint density at radius 3 is 2.56 bits per heavy atom. The number of hydrogen-bond acceptors (Lipinski definition) is 5. The van der Waals surface area contributed by atoms with E-state index in [4.69, 9.17) is 13.9 Å². The van der Waals surface area contributed by atoms with E-state index < -0.39 is 5.97 Å². The van der Waals surface area contributed by atoms with Crippen LogP contribution in [0.5, 0.6) is 5.75 Å². The van der Waals surface area contributed by atoms with Gasteiger partial charge in [-0.05, 0) is 35.9 Å². The van der Waals surface area contributed by atoms with Gasteiger partial charge in [0.05, 0.1) is 13.7 Å². The van der Waals surface area contributed by atoms with Crippen LogP contribution in [0.1, 0.15) is 21.9 Å². The molecule has 0 saturated heterocycles. The first-order chi connectivity index (χ1) is 13.0. The average Bonchev–Trinajstić information content (AvgIpc) is 3.05. The first kappa shape index (κ1) is 18.5. The molecule has 3 aromatic rings. The van der Waals surface area contributed by atoms with E-state index in [0.717, 1.165) is 10.8 Å². The lowest BCUT2D eigenvalue weighted by molar-refractivity contribution is -0.132. The number of carbonyl (C=O) groups is 2. The molecular weight excluding hydrogens is 346 g/mol. The third-order valence-corrected chi connectivity index (χ3v) is 4.28. The summed E-state index contributed by atoms with van der Waals surface area (Å²) in [5, 5.41) is 2.17. The molecule has 6 nitrogen and oxygen atoms in total. The monoisotopic (exact) mass is 367 g/mol. The molecule has 0 radical (unpaired) electrons. The number of amides is 1. The minimum Gasteiger partial charge on any atom is -0.484 e. The molecule has 1 heterocycles. The van der Waals surface area contributed by atoms with Gasteiger partial charge in [0.2, 0.25) is 0 Å². The van der Waals surface area contributed by atoms with Crippen molar-refractivity contribution in [3.8, 4) is 5.75 Å². The molecule has 6 heteroatoms. The third-order valence-electron chi connectivity index (χ3n) is 4.28. The van der Waals surface area contributed by atoms with Gasteiger partial charge in [0.1, 0.15) is 22.8 Å². The topological polar surface area (TPSA) is 69.0 Å². The quantitative estimate of drug-likeness (QED) is 0.623. The molecule has 0 atom stereocenters. The standard InChI is InChI=1S/C21H21NO5/c1-14-19(21(24)25-3)11-18(27-14)12-22(2)20(23)13-26-17-9-8-15-6-4-5-7-16(15)10-17/h4-11H,12-13H2,1-3H3. The highest BCUT2D eigenvalue weighted by Gasteiger charge is 2.18. The Hall–Kier alpha value is -3.28. The van der Waals surface area contributed by atoms with Crippen molar-refractivity contribution in [2.24, 2.45) is 0 Å². The van der Waals surface area contributed by atoms with Crippen molar-refractivity contribution < 1.29 is 23.5 Å². The minimum atomic E-state index is -0.462. The van der Waals surface area contributed by atoms with Gasteiger partial charge < -0.3 is 18.8 Å². The zero-order valence-corrected chi connectivity index (χ0v) is 15.5. The van der Waals surface area contributed by atoms with Crippen LogP contribution in [-0.4, -0.2) is 37.5 Å². The van der Waals surface area contributed by atoms with Crippen LogP contribution in [0.4, 0.5) is 0 Å². The first-order valence-electron chi connectivity index (χ1n) is 8.51. The number of rotatable bonds is 6. The van der Waals surface area contributed by atoms with Gasteiger partial charge in [-0.3, -0.25) is 4.79 Å².